The number of esters is 1. The van der Waals surface area contributed by atoms with Crippen molar-refractivity contribution in [2.75, 3.05) is 13.7 Å². The quantitative estimate of drug-likeness (QED) is 0.597. The smallest absolute Gasteiger partial charge is 0.359 e. The van der Waals surface area contributed by atoms with Gasteiger partial charge in [0.25, 0.3) is 0 Å². The summed E-state index contributed by atoms with van der Waals surface area (Å²) in [6, 6.07) is 6.51. The van der Waals surface area contributed by atoms with Gasteiger partial charge in [0.05, 0.1) is 19.4 Å². The number of benzene rings is 1. The fraction of sp³-hybridized carbons (Fsp3) is 0.231. The lowest BCUT2D eigenvalue weighted by Crippen LogP contribution is -2.17. The Kier molecular flexibility index (Phi) is 5.05. The molecular formula is C13H14FNO3. The van der Waals surface area contributed by atoms with Crippen molar-refractivity contribution >= 4 is 17.4 Å². The molecular weight excluding hydrogens is 237 g/mol. The summed E-state index contributed by atoms with van der Waals surface area (Å²) in [6.07, 6.45) is 0. The van der Waals surface area contributed by atoms with Gasteiger partial charge in [0.1, 0.15) is 11.6 Å². The lowest BCUT2D eigenvalue weighted by molar-refractivity contribution is -0.135. The van der Waals surface area contributed by atoms with Gasteiger partial charge in [0, 0.05) is 0 Å². The maximum atomic E-state index is 13.1. The highest BCUT2D eigenvalue weighted by Crippen LogP contribution is 2.19. The van der Waals surface area contributed by atoms with Crippen LogP contribution in [0.4, 0.5) is 10.1 Å². The van der Waals surface area contributed by atoms with Crippen LogP contribution in [0.1, 0.15) is 6.92 Å². The van der Waals surface area contributed by atoms with E-state index in [0.29, 0.717) is 11.4 Å². The Morgan fingerprint density at radius 2 is 2.00 bits per heavy atom. The van der Waals surface area contributed by atoms with E-state index in [2.05, 4.69) is 16.3 Å². The Labute approximate surface area is 105 Å². The Morgan fingerprint density at radius 1 is 1.39 bits per heavy atom. The first-order valence-corrected chi connectivity index (χ1v) is 5.33. The molecule has 0 unspecified atom stereocenters. The number of carbonyl (C=O) groups is 1. The van der Waals surface area contributed by atoms with Crippen molar-refractivity contribution in [3.8, 4) is 5.75 Å². The van der Waals surface area contributed by atoms with Crippen molar-refractivity contribution in [3.63, 3.8) is 0 Å². The van der Waals surface area contributed by atoms with E-state index in [1.807, 2.05) is 0 Å². The average molecular weight is 251 g/mol. The molecule has 0 N–H and O–H groups in total. The van der Waals surface area contributed by atoms with Crippen molar-refractivity contribution < 1.29 is 18.7 Å². The second-order valence-corrected chi connectivity index (χ2v) is 3.28. The summed E-state index contributed by atoms with van der Waals surface area (Å²) in [5.74, 6) is -1.12. The molecule has 0 bridgehead atoms. The number of hydrogen-bond donors (Lipinski definition) is 0. The third kappa shape index (κ3) is 3.69. The van der Waals surface area contributed by atoms with Gasteiger partial charge in [-0.1, -0.05) is 6.58 Å². The lowest BCUT2D eigenvalue weighted by Gasteiger charge is -2.04. The molecule has 1 rings (SSSR count). The van der Waals surface area contributed by atoms with Crippen LogP contribution in [0.25, 0.3) is 0 Å². The van der Waals surface area contributed by atoms with Crippen molar-refractivity contribution in [2.45, 2.75) is 6.92 Å². The summed E-state index contributed by atoms with van der Waals surface area (Å²) in [4.78, 5) is 15.3. The fourth-order valence-corrected chi connectivity index (χ4v) is 1.20. The van der Waals surface area contributed by atoms with Crippen LogP contribution >= 0.6 is 0 Å². The monoisotopic (exact) mass is 251 g/mol. The molecule has 1 aromatic rings. The minimum atomic E-state index is -0.927. The molecule has 5 heteroatoms. The summed E-state index contributed by atoms with van der Waals surface area (Å²) in [5.41, 5.74) is -0.0142. The largest absolute Gasteiger partial charge is 0.497 e. The topological polar surface area (TPSA) is 47.9 Å². The van der Waals surface area contributed by atoms with E-state index in [1.165, 1.54) is 7.11 Å². The summed E-state index contributed by atoms with van der Waals surface area (Å²) in [5, 5.41) is 0. The van der Waals surface area contributed by atoms with Gasteiger partial charge in [0.2, 0.25) is 0 Å². The molecule has 0 saturated heterocycles. The second-order valence-electron chi connectivity index (χ2n) is 3.28. The molecule has 0 aliphatic rings. The number of halogens is 1. The van der Waals surface area contributed by atoms with Gasteiger partial charge < -0.3 is 9.47 Å². The van der Waals surface area contributed by atoms with Gasteiger partial charge in [0.15, 0.2) is 5.71 Å². The van der Waals surface area contributed by atoms with Crippen molar-refractivity contribution in [2.24, 2.45) is 4.99 Å². The zero-order chi connectivity index (χ0) is 13.5. The molecule has 0 heterocycles. The average Bonchev–Trinajstić information content (AvgIpc) is 2.36. The molecule has 0 atom stereocenters. The molecule has 0 fully saturated rings. The molecule has 1 aromatic carbocycles. The molecule has 0 radical (unpaired) electrons. The van der Waals surface area contributed by atoms with Gasteiger partial charge in [-0.2, -0.15) is 0 Å². The van der Waals surface area contributed by atoms with E-state index in [-0.39, 0.29) is 6.61 Å². The van der Waals surface area contributed by atoms with Crippen LogP contribution in [0, 0.1) is 0 Å². The molecule has 0 aromatic heterocycles. The van der Waals surface area contributed by atoms with E-state index in [4.69, 9.17) is 4.74 Å². The number of carbonyl (C=O) groups excluding carboxylic acids is 1. The molecule has 0 amide bonds. The van der Waals surface area contributed by atoms with Crippen molar-refractivity contribution in [1.82, 2.24) is 0 Å². The highest BCUT2D eigenvalue weighted by molar-refractivity contribution is 6.42. The number of ether oxygens (including phenoxy) is 2. The number of aliphatic imine (C=N–C) groups is 1. The number of nitrogens with zero attached hydrogens (tertiary/aromatic N) is 1. The molecule has 0 aliphatic carbocycles. The minimum Gasteiger partial charge on any atom is -0.497 e. The van der Waals surface area contributed by atoms with E-state index in [9.17, 15) is 9.18 Å². The number of rotatable bonds is 5. The zero-order valence-electron chi connectivity index (χ0n) is 10.3. The molecule has 4 nitrogen and oxygen atoms in total. The summed E-state index contributed by atoms with van der Waals surface area (Å²) >= 11 is 0. The van der Waals surface area contributed by atoms with Crippen LogP contribution < -0.4 is 4.74 Å². The summed E-state index contributed by atoms with van der Waals surface area (Å²) in [6.45, 7) is 4.84. The zero-order valence-corrected chi connectivity index (χ0v) is 10.3. The molecule has 0 saturated carbocycles. The van der Waals surface area contributed by atoms with Gasteiger partial charge in [-0.25, -0.2) is 14.2 Å². The first-order valence-electron chi connectivity index (χ1n) is 5.33. The molecule has 0 aliphatic heterocycles. The highest BCUT2D eigenvalue weighted by Gasteiger charge is 2.16. The van der Waals surface area contributed by atoms with Crippen molar-refractivity contribution in [3.05, 3.63) is 36.7 Å². The van der Waals surface area contributed by atoms with E-state index in [1.54, 1.807) is 31.2 Å². The van der Waals surface area contributed by atoms with Crippen LogP contribution in [-0.2, 0) is 9.53 Å². The van der Waals surface area contributed by atoms with Crippen LogP contribution in [0.3, 0.4) is 0 Å². The SMILES string of the molecule is C=C(F)C(=Nc1ccc(OC)cc1)C(=O)OCC. The van der Waals surface area contributed by atoms with Crippen molar-refractivity contribution in [1.29, 1.82) is 0 Å². The predicted molar refractivity (Wildman–Crippen MR) is 67.0 cm³/mol. The fourth-order valence-electron chi connectivity index (χ4n) is 1.20. The first kappa shape index (κ1) is 13.9. The Bertz CT molecular complexity index is 466. The summed E-state index contributed by atoms with van der Waals surface area (Å²) < 4.78 is 22.8. The first-order chi connectivity index (χ1) is 8.58. The summed E-state index contributed by atoms with van der Waals surface area (Å²) in [7, 11) is 1.53. The van der Waals surface area contributed by atoms with Crippen LogP contribution in [-0.4, -0.2) is 25.4 Å². The second kappa shape index (κ2) is 6.54. The minimum absolute atomic E-state index is 0.147. The molecule has 96 valence electrons. The van der Waals surface area contributed by atoms with Gasteiger partial charge in [-0.15, -0.1) is 0 Å². The lowest BCUT2D eigenvalue weighted by atomic mass is 10.3. The molecule has 18 heavy (non-hydrogen) atoms. The maximum absolute atomic E-state index is 13.1. The Balaban J connectivity index is 3.00. The Morgan fingerprint density at radius 3 is 2.44 bits per heavy atom. The standard InChI is InChI=1S/C13H14FNO3/c1-4-18-13(16)12(9(2)14)15-10-5-7-11(17-3)8-6-10/h5-8H,2,4H2,1,3H3. The van der Waals surface area contributed by atoms with Crippen LogP contribution in [0.15, 0.2) is 41.7 Å². The van der Waals surface area contributed by atoms with Crippen LogP contribution in [0.2, 0.25) is 0 Å². The van der Waals surface area contributed by atoms with Gasteiger partial charge in [-0.05, 0) is 31.2 Å². The van der Waals surface area contributed by atoms with Gasteiger partial charge in [-0.3, -0.25) is 0 Å². The van der Waals surface area contributed by atoms with Gasteiger partial charge >= 0.3 is 5.97 Å². The number of hydrogen-bond acceptors (Lipinski definition) is 4. The van der Waals surface area contributed by atoms with E-state index < -0.39 is 17.5 Å². The van der Waals surface area contributed by atoms with E-state index in [0.717, 1.165) is 0 Å². The Hall–Kier alpha value is -2.17. The maximum Gasteiger partial charge on any atom is 0.359 e. The number of methoxy groups -OCH3 is 1. The van der Waals surface area contributed by atoms with Crippen LogP contribution in [0.5, 0.6) is 5.75 Å². The predicted octanol–water partition coefficient (Wildman–Crippen LogP) is 2.81. The third-order valence-corrected chi connectivity index (χ3v) is 2.04. The third-order valence-electron chi connectivity index (χ3n) is 2.04. The highest BCUT2D eigenvalue weighted by atomic mass is 19.1. The van der Waals surface area contributed by atoms with E-state index >= 15 is 0 Å². The molecule has 0 spiro atoms. The normalized spacial score (nSPS) is 10.9.